The molecular weight excluding hydrogens is 400 g/mol. The first kappa shape index (κ1) is 19.9. The van der Waals surface area contributed by atoms with Gasteiger partial charge in [-0.3, -0.25) is 4.79 Å². The van der Waals surface area contributed by atoms with E-state index in [4.69, 9.17) is 4.18 Å². The molecule has 3 rings (SSSR count). The summed E-state index contributed by atoms with van der Waals surface area (Å²) in [7, 11) is -8.94. The molecule has 0 aliphatic heterocycles. The summed E-state index contributed by atoms with van der Waals surface area (Å²) in [6, 6.07) is 21.7. The average molecular weight is 416 g/mol. The van der Waals surface area contributed by atoms with Gasteiger partial charge in [-0.2, -0.15) is 8.42 Å². The second kappa shape index (κ2) is 8.05. The molecule has 0 aliphatic carbocycles. The number of ketones is 1. The Hall–Kier alpha value is -2.81. The highest BCUT2D eigenvalue weighted by Crippen LogP contribution is 2.24. The third kappa shape index (κ3) is 4.19. The summed E-state index contributed by atoms with van der Waals surface area (Å²) >= 11 is 0. The molecule has 0 heterocycles. The minimum atomic E-state index is -4.50. The Labute approximate surface area is 163 Å². The number of carbonyl (C=O) groups excluding carboxylic acids is 1. The van der Waals surface area contributed by atoms with Crippen LogP contribution in [0.5, 0.6) is 0 Å². The average Bonchev–Trinajstić information content (AvgIpc) is 2.73. The lowest BCUT2D eigenvalue weighted by molar-refractivity contribution is 0.0887. The summed E-state index contributed by atoms with van der Waals surface area (Å²) in [5.41, 5.74) is -2.22. The Morgan fingerprint density at radius 2 is 1.07 bits per heavy atom. The Morgan fingerprint density at radius 1 is 0.643 bits per heavy atom. The van der Waals surface area contributed by atoms with Crippen molar-refractivity contribution in [3.05, 3.63) is 96.6 Å². The number of hydrogen-bond donors (Lipinski definition) is 0. The SMILES string of the molecule is O=C(c1ccccc1)C(OS(=O)(=O)c1ccccc1)S(=O)(=O)c1ccccc1. The van der Waals surface area contributed by atoms with Gasteiger partial charge in [-0.25, -0.2) is 12.6 Å². The number of rotatable bonds is 7. The fourth-order valence-electron chi connectivity index (χ4n) is 2.47. The van der Waals surface area contributed by atoms with E-state index in [1.54, 1.807) is 30.3 Å². The topological polar surface area (TPSA) is 94.6 Å². The van der Waals surface area contributed by atoms with E-state index in [0.29, 0.717) is 0 Å². The molecule has 3 aromatic carbocycles. The highest BCUT2D eigenvalue weighted by atomic mass is 32.2. The second-order valence-electron chi connectivity index (χ2n) is 5.78. The van der Waals surface area contributed by atoms with Gasteiger partial charge in [0.25, 0.3) is 10.1 Å². The van der Waals surface area contributed by atoms with Crippen molar-refractivity contribution in [2.75, 3.05) is 0 Å². The van der Waals surface area contributed by atoms with Gasteiger partial charge in [-0.05, 0) is 24.3 Å². The van der Waals surface area contributed by atoms with Crippen LogP contribution in [-0.2, 0) is 24.1 Å². The summed E-state index contributed by atoms with van der Waals surface area (Å²) in [6.07, 6.45) is 0. The van der Waals surface area contributed by atoms with Crippen LogP contribution in [-0.4, -0.2) is 28.1 Å². The third-order valence-electron chi connectivity index (χ3n) is 3.87. The number of sulfone groups is 1. The summed E-state index contributed by atoms with van der Waals surface area (Å²) in [4.78, 5) is 12.4. The van der Waals surface area contributed by atoms with E-state index in [0.717, 1.165) is 0 Å². The second-order valence-corrected chi connectivity index (χ2v) is 9.35. The van der Waals surface area contributed by atoms with Gasteiger partial charge in [0.1, 0.15) is 0 Å². The maximum Gasteiger partial charge on any atom is 0.298 e. The maximum atomic E-state index is 13.0. The molecular formula is C20H16O6S2. The van der Waals surface area contributed by atoms with Crippen LogP contribution < -0.4 is 0 Å². The zero-order valence-electron chi connectivity index (χ0n) is 14.5. The van der Waals surface area contributed by atoms with Crippen LogP contribution in [0.1, 0.15) is 10.4 Å². The molecule has 3 aromatic rings. The van der Waals surface area contributed by atoms with Crippen molar-refractivity contribution in [3.8, 4) is 0 Å². The van der Waals surface area contributed by atoms with Crippen LogP contribution in [0.3, 0.4) is 0 Å². The molecule has 0 aliphatic rings. The van der Waals surface area contributed by atoms with Crippen LogP contribution in [0, 0.1) is 0 Å². The Kier molecular flexibility index (Phi) is 5.73. The lowest BCUT2D eigenvalue weighted by atomic mass is 10.1. The first-order valence-electron chi connectivity index (χ1n) is 8.19. The predicted octanol–water partition coefficient (Wildman–Crippen LogP) is 3.07. The van der Waals surface area contributed by atoms with E-state index in [-0.39, 0.29) is 15.4 Å². The van der Waals surface area contributed by atoms with E-state index in [1.807, 2.05) is 0 Å². The van der Waals surface area contributed by atoms with Crippen molar-refractivity contribution in [1.29, 1.82) is 0 Å². The van der Waals surface area contributed by atoms with Crippen LogP contribution in [0.2, 0.25) is 0 Å². The molecule has 28 heavy (non-hydrogen) atoms. The zero-order chi connectivity index (χ0) is 20.2. The van der Waals surface area contributed by atoms with Crippen LogP contribution in [0.15, 0.2) is 101 Å². The van der Waals surface area contributed by atoms with Crippen LogP contribution >= 0.6 is 0 Å². The fourth-order valence-corrected chi connectivity index (χ4v) is 5.31. The van der Waals surface area contributed by atoms with Crippen LogP contribution in [0.4, 0.5) is 0 Å². The van der Waals surface area contributed by atoms with Gasteiger partial charge in [0.2, 0.25) is 21.1 Å². The van der Waals surface area contributed by atoms with Crippen molar-refractivity contribution in [3.63, 3.8) is 0 Å². The summed E-state index contributed by atoms with van der Waals surface area (Å²) in [5.74, 6) is -0.969. The number of benzene rings is 3. The number of hydrogen-bond acceptors (Lipinski definition) is 6. The van der Waals surface area contributed by atoms with Gasteiger partial charge in [0.15, 0.2) is 0 Å². The molecule has 0 bridgehead atoms. The Balaban J connectivity index is 2.09. The van der Waals surface area contributed by atoms with Gasteiger partial charge >= 0.3 is 0 Å². The number of Topliss-reactive ketones (excluding diaryl/α,β-unsaturated/α-hetero) is 1. The molecule has 0 saturated heterocycles. The monoisotopic (exact) mass is 416 g/mol. The molecule has 144 valence electrons. The Morgan fingerprint density at radius 3 is 1.57 bits per heavy atom. The zero-order valence-corrected chi connectivity index (χ0v) is 16.1. The van der Waals surface area contributed by atoms with Crippen molar-refractivity contribution in [2.24, 2.45) is 0 Å². The molecule has 0 spiro atoms. The summed E-state index contributed by atoms with van der Waals surface area (Å²) in [5, 5.41) is 0. The number of carbonyl (C=O) groups is 1. The molecule has 0 fully saturated rings. The lowest BCUT2D eigenvalue weighted by Gasteiger charge is -2.17. The van der Waals surface area contributed by atoms with Crippen molar-refractivity contribution in [1.82, 2.24) is 0 Å². The molecule has 0 saturated carbocycles. The maximum absolute atomic E-state index is 13.0. The highest BCUT2D eigenvalue weighted by Gasteiger charge is 2.40. The molecule has 0 N–H and O–H groups in total. The standard InChI is InChI=1S/C20H16O6S2/c21-19(16-10-4-1-5-11-16)20(27(22,23)17-12-6-2-7-13-17)26-28(24,25)18-14-8-3-9-15-18/h1-15,20H. The van der Waals surface area contributed by atoms with Crippen molar-refractivity contribution in [2.45, 2.75) is 15.2 Å². The smallest absolute Gasteiger partial charge is 0.290 e. The van der Waals surface area contributed by atoms with Crippen LogP contribution in [0.25, 0.3) is 0 Å². The third-order valence-corrected chi connectivity index (χ3v) is 7.09. The molecule has 8 heteroatoms. The molecule has 0 radical (unpaired) electrons. The minimum absolute atomic E-state index is 0.0234. The van der Waals surface area contributed by atoms with Gasteiger partial charge in [0, 0.05) is 5.56 Å². The predicted molar refractivity (Wildman–Crippen MR) is 103 cm³/mol. The van der Waals surface area contributed by atoms with Crippen molar-refractivity contribution >= 4 is 25.7 Å². The van der Waals surface area contributed by atoms with Gasteiger partial charge < -0.3 is 0 Å². The van der Waals surface area contributed by atoms with E-state index in [1.165, 1.54) is 60.7 Å². The summed E-state index contributed by atoms with van der Waals surface area (Å²) in [6.45, 7) is 0. The first-order chi connectivity index (χ1) is 13.3. The van der Waals surface area contributed by atoms with Gasteiger partial charge in [0.05, 0.1) is 9.79 Å². The van der Waals surface area contributed by atoms with E-state index < -0.39 is 31.2 Å². The van der Waals surface area contributed by atoms with Gasteiger partial charge in [-0.1, -0.05) is 66.7 Å². The first-order valence-corrected chi connectivity index (χ1v) is 11.1. The quantitative estimate of drug-likeness (QED) is 0.434. The molecule has 0 aromatic heterocycles. The molecule has 0 amide bonds. The molecule has 1 atom stereocenters. The highest BCUT2D eigenvalue weighted by molar-refractivity contribution is 7.94. The minimum Gasteiger partial charge on any atom is -0.290 e. The van der Waals surface area contributed by atoms with Gasteiger partial charge in [-0.15, -0.1) is 0 Å². The van der Waals surface area contributed by atoms with E-state index in [2.05, 4.69) is 0 Å². The normalized spacial score (nSPS) is 13.0. The molecule has 6 nitrogen and oxygen atoms in total. The molecule has 1 unspecified atom stereocenters. The lowest BCUT2D eigenvalue weighted by Crippen LogP contribution is -2.35. The Bertz CT molecular complexity index is 1160. The van der Waals surface area contributed by atoms with Crippen molar-refractivity contribution < 1.29 is 25.8 Å². The summed E-state index contributed by atoms with van der Waals surface area (Å²) < 4.78 is 56.3. The van der Waals surface area contributed by atoms with E-state index in [9.17, 15) is 21.6 Å². The van der Waals surface area contributed by atoms with E-state index >= 15 is 0 Å². The fraction of sp³-hybridized carbons (Fsp3) is 0.0500. The largest absolute Gasteiger partial charge is 0.298 e.